The van der Waals surface area contributed by atoms with E-state index in [2.05, 4.69) is 4.72 Å². The maximum atomic E-state index is 12.6. The molecule has 0 aliphatic heterocycles. The maximum absolute atomic E-state index is 12.6. The Kier molecular flexibility index (Phi) is 4.70. The van der Waals surface area contributed by atoms with Crippen molar-refractivity contribution in [3.8, 4) is 0 Å². The summed E-state index contributed by atoms with van der Waals surface area (Å²) in [5, 5.41) is 1.99. The molecule has 1 aromatic carbocycles. The molecule has 1 aromatic heterocycles. The fraction of sp³-hybridized carbons (Fsp3) is 0.333. The lowest BCUT2D eigenvalue weighted by molar-refractivity contribution is 0.559. The van der Waals surface area contributed by atoms with Crippen molar-refractivity contribution < 1.29 is 8.42 Å². The summed E-state index contributed by atoms with van der Waals surface area (Å²) in [5.74, 6) is 0. The predicted octanol–water partition coefficient (Wildman–Crippen LogP) is 2.86. The number of nitrogens with two attached hydrogens (primary N) is 1. The van der Waals surface area contributed by atoms with E-state index >= 15 is 0 Å². The molecule has 1 atom stereocenters. The lowest BCUT2D eigenvalue weighted by Crippen LogP contribution is -2.34. The maximum Gasteiger partial charge on any atom is 0.241 e. The first-order valence-electron chi connectivity index (χ1n) is 6.71. The number of nitrogen functional groups attached to an aromatic ring is 1. The van der Waals surface area contributed by atoms with Gasteiger partial charge in [-0.1, -0.05) is 12.1 Å². The highest BCUT2D eigenvalue weighted by molar-refractivity contribution is 7.89. The van der Waals surface area contributed by atoms with Crippen LogP contribution >= 0.6 is 11.3 Å². The van der Waals surface area contributed by atoms with Crippen molar-refractivity contribution in [1.29, 1.82) is 0 Å². The zero-order valence-electron chi connectivity index (χ0n) is 12.4. The highest BCUT2D eigenvalue weighted by Gasteiger charge is 2.23. The molecule has 2 rings (SSSR count). The Labute approximate surface area is 130 Å². The van der Waals surface area contributed by atoms with Crippen LogP contribution in [0.3, 0.4) is 0 Å². The minimum atomic E-state index is -3.57. The highest BCUT2D eigenvalue weighted by atomic mass is 32.2. The minimum absolute atomic E-state index is 0.172. The molecule has 0 bridgehead atoms. The summed E-state index contributed by atoms with van der Waals surface area (Å²) in [6.07, 6.45) is 0.678. The number of hydrogen-bond donors (Lipinski definition) is 2. The van der Waals surface area contributed by atoms with Crippen molar-refractivity contribution in [3.63, 3.8) is 0 Å². The van der Waals surface area contributed by atoms with Gasteiger partial charge in [0.15, 0.2) is 0 Å². The molecular formula is C15H20N2O2S2. The van der Waals surface area contributed by atoms with Crippen molar-refractivity contribution in [2.24, 2.45) is 0 Å². The average molecular weight is 324 g/mol. The molecule has 21 heavy (non-hydrogen) atoms. The van der Waals surface area contributed by atoms with Crippen molar-refractivity contribution in [1.82, 2.24) is 4.72 Å². The molecule has 0 spiro atoms. The van der Waals surface area contributed by atoms with Crippen molar-refractivity contribution in [2.75, 3.05) is 5.73 Å². The number of aryl methyl sites for hydroxylation is 1. The topological polar surface area (TPSA) is 72.2 Å². The molecule has 4 nitrogen and oxygen atoms in total. The molecule has 6 heteroatoms. The second-order valence-corrected chi connectivity index (χ2v) is 7.91. The first kappa shape index (κ1) is 16.0. The van der Waals surface area contributed by atoms with Gasteiger partial charge in [-0.2, -0.15) is 0 Å². The van der Waals surface area contributed by atoms with E-state index in [-0.39, 0.29) is 6.04 Å². The van der Waals surface area contributed by atoms with Gasteiger partial charge < -0.3 is 5.73 Å². The van der Waals surface area contributed by atoms with Crippen LogP contribution in [0.1, 0.15) is 22.9 Å². The molecule has 0 fully saturated rings. The van der Waals surface area contributed by atoms with Gasteiger partial charge in [0.05, 0.1) is 4.90 Å². The van der Waals surface area contributed by atoms with Crippen LogP contribution in [0.25, 0.3) is 0 Å². The second-order valence-electron chi connectivity index (χ2n) is 5.23. The second kappa shape index (κ2) is 6.17. The Hall–Kier alpha value is -1.37. The number of benzene rings is 1. The third-order valence-electron chi connectivity index (χ3n) is 3.36. The molecular weight excluding hydrogens is 304 g/mol. The van der Waals surface area contributed by atoms with Crippen LogP contribution in [0.4, 0.5) is 5.69 Å². The first-order valence-corrected chi connectivity index (χ1v) is 9.08. The van der Waals surface area contributed by atoms with Gasteiger partial charge in [-0.25, -0.2) is 13.1 Å². The van der Waals surface area contributed by atoms with Crippen molar-refractivity contribution in [2.45, 2.75) is 38.1 Å². The molecule has 0 amide bonds. The Balaban J connectivity index is 2.25. The summed E-state index contributed by atoms with van der Waals surface area (Å²) in [6.45, 7) is 5.39. The molecule has 0 aliphatic rings. The van der Waals surface area contributed by atoms with E-state index in [0.717, 1.165) is 4.88 Å². The van der Waals surface area contributed by atoms with Gasteiger partial charge in [-0.05, 0) is 55.8 Å². The smallest absolute Gasteiger partial charge is 0.241 e. The van der Waals surface area contributed by atoms with Gasteiger partial charge in [-0.15, -0.1) is 11.3 Å². The molecule has 1 heterocycles. The fourth-order valence-corrected chi connectivity index (χ4v) is 4.93. The van der Waals surface area contributed by atoms with Crippen LogP contribution in [-0.4, -0.2) is 14.5 Å². The molecule has 0 radical (unpaired) electrons. The van der Waals surface area contributed by atoms with Gasteiger partial charge in [0.1, 0.15) is 0 Å². The van der Waals surface area contributed by atoms with Gasteiger partial charge >= 0.3 is 0 Å². The quantitative estimate of drug-likeness (QED) is 0.831. The molecule has 0 aliphatic carbocycles. The highest BCUT2D eigenvalue weighted by Crippen LogP contribution is 2.25. The van der Waals surface area contributed by atoms with Gasteiger partial charge in [0, 0.05) is 16.6 Å². The summed E-state index contributed by atoms with van der Waals surface area (Å²) < 4.78 is 27.9. The summed E-state index contributed by atoms with van der Waals surface area (Å²) in [4.78, 5) is 1.45. The standard InChI is InChI=1S/C15H20N2O2S2/c1-10-6-7-14(16)12(3)15(10)21(18,19)17-11(2)9-13-5-4-8-20-13/h4-8,11,17H,9,16H2,1-3H3. The number of thiophene rings is 1. The van der Waals surface area contributed by atoms with E-state index < -0.39 is 10.0 Å². The average Bonchev–Trinajstić information content (AvgIpc) is 2.85. The molecule has 114 valence electrons. The fourth-order valence-electron chi connectivity index (χ4n) is 2.35. The van der Waals surface area contributed by atoms with Crippen LogP contribution in [0.2, 0.25) is 0 Å². The van der Waals surface area contributed by atoms with Gasteiger partial charge in [0.25, 0.3) is 0 Å². The van der Waals surface area contributed by atoms with Gasteiger partial charge in [0.2, 0.25) is 10.0 Å². The SMILES string of the molecule is Cc1ccc(N)c(C)c1S(=O)(=O)NC(C)Cc1cccs1. The van der Waals surface area contributed by atoms with E-state index in [1.807, 2.05) is 24.4 Å². The lowest BCUT2D eigenvalue weighted by Gasteiger charge is -2.17. The molecule has 1 unspecified atom stereocenters. The number of sulfonamides is 1. The number of hydrogen-bond acceptors (Lipinski definition) is 4. The number of nitrogens with one attached hydrogen (secondary N) is 1. The van der Waals surface area contributed by atoms with Crippen LogP contribution in [0.15, 0.2) is 34.5 Å². The third kappa shape index (κ3) is 3.64. The Morgan fingerprint density at radius 1 is 1.29 bits per heavy atom. The lowest BCUT2D eigenvalue weighted by atomic mass is 10.1. The third-order valence-corrected chi connectivity index (χ3v) is 6.13. The van der Waals surface area contributed by atoms with Gasteiger partial charge in [-0.3, -0.25) is 0 Å². The largest absolute Gasteiger partial charge is 0.398 e. The molecule has 3 N–H and O–H groups in total. The first-order chi connectivity index (χ1) is 9.81. The van der Waals surface area contributed by atoms with E-state index in [0.29, 0.717) is 28.1 Å². The molecule has 0 saturated carbocycles. The molecule has 2 aromatic rings. The van der Waals surface area contributed by atoms with Crippen molar-refractivity contribution >= 4 is 27.0 Å². The number of anilines is 1. The van der Waals surface area contributed by atoms with Crippen LogP contribution in [-0.2, 0) is 16.4 Å². The normalized spacial score (nSPS) is 13.3. The minimum Gasteiger partial charge on any atom is -0.398 e. The van der Waals surface area contributed by atoms with E-state index in [1.54, 1.807) is 37.3 Å². The van der Waals surface area contributed by atoms with Crippen LogP contribution in [0.5, 0.6) is 0 Å². The van der Waals surface area contributed by atoms with E-state index in [1.165, 1.54) is 0 Å². The van der Waals surface area contributed by atoms with E-state index in [9.17, 15) is 8.42 Å². The summed E-state index contributed by atoms with van der Waals surface area (Å²) in [6, 6.07) is 7.27. The number of rotatable bonds is 5. The Bertz CT molecular complexity index is 722. The van der Waals surface area contributed by atoms with Crippen LogP contribution in [0, 0.1) is 13.8 Å². The summed E-state index contributed by atoms with van der Waals surface area (Å²) in [7, 11) is -3.57. The zero-order valence-corrected chi connectivity index (χ0v) is 14.0. The zero-order chi connectivity index (χ0) is 15.6. The Morgan fingerprint density at radius 3 is 2.62 bits per heavy atom. The van der Waals surface area contributed by atoms with Crippen LogP contribution < -0.4 is 10.5 Å². The monoisotopic (exact) mass is 324 g/mol. The van der Waals surface area contributed by atoms with Crippen molar-refractivity contribution in [3.05, 3.63) is 45.6 Å². The summed E-state index contributed by atoms with van der Waals surface area (Å²) >= 11 is 1.63. The molecule has 0 saturated heterocycles. The Morgan fingerprint density at radius 2 is 2.00 bits per heavy atom. The van der Waals surface area contributed by atoms with E-state index in [4.69, 9.17) is 5.73 Å². The predicted molar refractivity (Wildman–Crippen MR) is 88.1 cm³/mol. The summed E-state index contributed by atoms with van der Waals surface area (Å²) in [5.41, 5.74) is 7.64.